The first-order valence-corrected chi connectivity index (χ1v) is 11.5. The zero-order valence-corrected chi connectivity index (χ0v) is 15.8. The quantitative estimate of drug-likeness (QED) is 0.434. The van der Waals surface area contributed by atoms with Crippen LogP contribution in [-0.4, -0.2) is 19.2 Å². The van der Waals surface area contributed by atoms with Crippen molar-refractivity contribution in [2.75, 3.05) is 18.6 Å². The monoisotopic (exact) mass is 337 g/mol. The summed E-state index contributed by atoms with van der Waals surface area (Å²) >= 11 is 0. The number of unbranched alkanes of at least 4 members (excludes halogenated alkanes) is 7. The molecule has 0 bridgehead atoms. The highest BCUT2D eigenvalue weighted by Crippen LogP contribution is 2.37. The molecule has 0 radical (unpaired) electrons. The number of benzene rings is 1. The molecule has 0 aliphatic rings. The summed E-state index contributed by atoms with van der Waals surface area (Å²) in [5.41, 5.74) is 0.699. The van der Waals surface area contributed by atoms with E-state index in [1.807, 2.05) is 24.3 Å². The Hall–Kier alpha value is -1.08. The molecule has 0 aliphatic carbocycles. The normalized spacial score (nSPS) is 11.4. The first-order chi connectivity index (χ1) is 10.9. The van der Waals surface area contributed by atoms with E-state index in [0.29, 0.717) is 12.1 Å². The Balaban J connectivity index is 2.29. The third-order valence-corrected chi connectivity index (χ3v) is 5.57. The molecule has 0 atom stereocenters. The molecule has 0 saturated carbocycles. The SMILES string of the molecule is CCCCCCCCCCC(=O)Nc1ccccc1P(C)(C)=O. The van der Waals surface area contributed by atoms with Crippen molar-refractivity contribution < 1.29 is 9.36 Å². The second-order valence-corrected chi connectivity index (χ2v) is 9.82. The molecule has 0 fully saturated rings. The molecule has 0 aliphatic heterocycles. The van der Waals surface area contributed by atoms with E-state index < -0.39 is 7.14 Å². The molecule has 1 aromatic carbocycles. The molecule has 3 nitrogen and oxygen atoms in total. The molecule has 0 heterocycles. The average Bonchev–Trinajstić information content (AvgIpc) is 2.49. The smallest absolute Gasteiger partial charge is 0.224 e. The van der Waals surface area contributed by atoms with Crippen LogP contribution in [0.25, 0.3) is 0 Å². The highest BCUT2D eigenvalue weighted by molar-refractivity contribution is 7.70. The van der Waals surface area contributed by atoms with Crippen molar-refractivity contribution in [2.45, 2.75) is 64.7 Å². The number of nitrogens with one attached hydrogen (secondary N) is 1. The maximum atomic E-state index is 12.3. The van der Waals surface area contributed by atoms with Gasteiger partial charge >= 0.3 is 0 Å². The van der Waals surface area contributed by atoms with E-state index >= 15 is 0 Å². The van der Waals surface area contributed by atoms with Gasteiger partial charge in [0.25, 0.3) is 0 Å². The van der Waals surface area contributed by atoms with Crippen LogP contribution in [0.15, 0.2) is 24.3 Å². The average molecular weight is 337 g/mol. The molecule has 4 heteroatoms. The van der Waals surface area contributed by atoms with Crippen LogP contribution in [0.3, 0.4) is 0 Å². The zero-order chi connectivity index (χ0) is 17.1. The zero-order valence-electron chi connectivity index (χ0n) is 14.9. The van der Waals surface area contributed by atoms with Crippen molar-refractivity contribution in [3.63, 3.8) is 0 Å². The molecule has 130 valence electrons. The van der Waals surface area contributed by atoms with Crippen molar-refractivity contribution in [1.29, 1.82) is 0 Å². The topological polar surface area (TPSA) is 46.2 Å². The van der Waals surface area contributed by atoms with Gasteiger partial charge in [-0.2, -0.15) is 0 Å². The Morgan fingerprint density at radius 2 is 1.52 bits per heavy atom. The second kappa shape index (κ2) is 10.6. The predicted molar refractivity (Wildman–Crippen MR) is 101 cm³/mol. The van der Waals surface area contributed by atoms with Crippen molar-refractivity contribution in [3.8, 4) is 0 Å². The van der Waals surface area contributed by atoms with Crippen molar-refractivity contribution in [1.82, 2.24) is 0 Å². The third-order valence-electron chi connectivity index (χ3n) is 4.02. The summed E-state index contributed by atoms with van der Waals surface area (Å²) < 4.78 is 12.3. The van der Waals surface area contributed by atoms with E-state index in [1.54, 1.807) is 13.3 Å². The van der Waals surface area contributed by atoms with Crippen LogP contribution in [0.2, 0.25) is 0 Å². The van der Waals surface area contributed by atoms with Gasteiger partial charge in [0.15, 0.2) is 0 Å². The van der Waals surface area contributed by atoms with Crippen LogP contribution in [0.4, 0.5) is 5.69 Å². The molecular weight excluding hydrogens is 305 g/mol. The van der Waals surface area contributed by atoms with E-state index in [9.17, 15) is 9.36 Å². The fourth-order valence-electron chi connectivity index (χ4n) is 2.68. The standard InChI is InChI=1S/C19H32NO2P/c1-4-5-6-7-8-9-10-11-16-19(21)20-17-14-12-13-15-18(17)23(2,3)22/h12-15H,4-11,16H2,1-3H3,(H,20,21). The largest absolute Gasteiger partial charge is 0.325 e. The van der Waals surface area contributed by atoms with E-state index in [4.69, 9.17) is 0 Å². The number of hydrogen-bond acceptors (Lipinski definition) is 2. The van der Waals surface area contributed by atoms with Crippen LogP contribution in [0, 0.1) is 0 Å². The summed E-state index contributed by atoms with van der Waals surface area (Å²) in [5.74, 6) is 0.0249. The Morgan fingerprint density at radius 3 is 2.13 bits per heavy atom. The van der Waals surface area contributed by atoms with Gasteiger partial charge < -0.3 is 9.88 Å². The molecule has 23 heavy (non-hydrogen) atoms. The van der Waals surface area contributed by atoms with E-state index in [1.165, 1.54) is 38.5 Å². The number of anilines is 1. The lowest BCUT2D eigenvalue weighted by Gasteiger charge is -2.14. The molecule has 1 N–H and O–H groups in total. The summed E-state index contributed by atoms with van der Waals surface area (Å²) in [6.45, 7) is 5.69. The first kappa shape index (κ1) is 20.0. The van der Waals surface area contributed by atoms with Gasteiger partial charge in [-0.15, -0.1) is 0 Å². The number of para-hydroxylation sites is 1. The summed E-state index contributed by atoms with van der Waals surface area (Å²) in [4.78, 5) is 12.1. The first-order valence-electron chi connectivity index (χ1n) is 8.89. The van der Waals surface area contributed by atoms with E-state index in [0.717, 1.165) is 18.1 Å². The van der Waals surface area contributed by atoms with Gasteiger partial charge in [-0.1, -0.05) is 64.0 Å². The fourth-order valence-corrected chi connectivity index (χ4v) is 3.84. The molecule has 1 rings (SSSR count). The minimum atomic E-state index is -2.38. The molecular formula is C19H32NO2P. The van der Waals surface area contributed by atoms with Crippen molar-refractivity contribution in [2.24, 2.45) is 0 Å². The van der Waals surface area contributed by atoms with Crippen molar-refractivity contribution in [3.05, 3.63) is 24.3 Å². The molecule has 1 amide bonds. The minimum absolute atomic E-state index is 0.0249. The van der Waals surface area contributed by atoms with Gasteiger partial charge in [-0.3, -0.25) is 4.79 Å². The molecule has 0 aromatic heterocycles. The Labute approximate surface area is 141 Å². The molecule has 1 aromatic rings. The summed E-state index contributed by atoms with van der Waals surface area (Å²) in [6, 6.07) is 7.40. The Morgan fingerprint density at radius 1 is 0.957 bits per heavy atom. The highest BCUT2D eigenvalue weighted by Gasteiger charge is 2.16. The summed E-state index contributed by atoms with van der Waals surface area (Å²) in [5, 5.41) is 3.68. The molecule has 0 spiro atoms. The van der Waals surface area contributed by atoms with Gasteiger partial charge in [-0.25, -0.2) is 0 Å². The lowest BCUT2D eigenvalue weighted by atomic mass is 10.1. The lowest BCUT2D eigenvalue weighted by Crippen LogP contribution is -2.18. The minimum Gasteiger partial charge on any atom is -0.325 e. The lowest BCUT2D eigenvalue weighted by molar-refractivity contribution is -0.116. The van der Waals surface area contributed by atoms with Gasteiger partial charge in [0, 0.05) is 11.7 Å². The van der Waals surface area contributed by atoms with E-state index in [-0.39, 0.29) is 5.91 Å². The number of rotatable bonds is 11. The maximum absolute atomic E-state index is 12.3. The molecule has 0 saturated heterocycles. The second-order valence-electron chi connectivity index (χ2n) is 6.64. The van der Waals surface area contributed by atoms with Gasteiger partial charge in [0.2, 0.25) is 5.91 Å². The van der Waals surface area contributed by atoms with Crippen molar-refractivity contribution >= 4 is 24.0 Å². The number of amides is 1. The van der Waals surface area contributed by atoms with Gasteiger partial charge in [-0.05, 0) is 31.9 Å². The number of carbonyl (C=O) groups is 1. The summed E-state index contributed by atoms with van der Waals surface area (Å²) in [6.07, 6.45) is 10.3. The highest BCUT2D eigenvalue weighted by atomic mass is 31.2. The van der Waals surface area contributed by atoms with Crippen LogP contribution in [-0.2, 0) is 9.36 Å². The fraction of sp³-hybridized carbons (Fsp3) is 0.632. The van der Waals surface area contributed by atoms with E-state index in [2.05, 4.69) is 12.2 Å². The van der Waals surface area contributed by atoms with Gasteiger partial charge in [0.1, 0.15) is 7.14 Å². The third kappa shape index (κ3) is 8.37. The predicted octanol–water partition coefficient (Wildman–Crippen LogP) is 5.40. The maximum Gasteiger partial charge on any atom is 0.224 e. The van der Waals surface area contributed by atoms with Gasteiger partial charge in [0.05, 0.1) is 5.69 Å². The van der Waals surface area contributed by atoms with Crippen LogP contribution < -0.4 is 10.6 Å². The number of hydrogen-bond donors (Lipinski definition) is 1. The van der Waals surface area contributed by atoms with Crippen LogP contribution >= 0.6 is 7.14 Å². The number of carbonyl (C=O) groups excluding carboxylic acids is 1. The Kier molecular flexibility index (Phi) is 9.24. The summed E-state index contributed by atoms with van der Waals surface area (Å²) in [7, 11) is -2.38. The van der Waals surface area contributed by atoms with Crippen LogP contribution in [0.5, 0.6) is 0 Å². The molecule has 0 unspecified atom stereocenters. The Bertz CT molecular complexity index is 522. The van der Waals surface area contributed by atoms with Crippen LogP contribution in [0.1, 0.15) is 64.7 Å².